The van der Waals surface area contributed by atoms with Crippen LogP contribution in [0.15, 0.2) is 41.1 Å². The third kappa shape index (κ3) is 2.83. The molecule has 0 fully saturated rings. The standard InChI is InChI=1S/C13H12BrClN2O/c1-18-10-4-8(6-17-7-10)13(16)11-5-9(15)2-3-12(11)14/h2-7,13H,16H2,1H3. The molecule has 0 radical (unpaired) electrons. The van der Waals surface area contributed by atoms with Crippen LogP contribution in [-0.2, 0) is 0 Å². The van der Waals surface area contributed by atoms with Crippen molar-refractivity contribution in [3.05, 3.63) is 57.3 Å². The van der Waals surface area contributed by atoms with Crippen LogP contribution in [-0.4, -0.2) is 12.1 Å². The Bertz CT molecular complexity index is 562. The molecule has 0 saturated carbocycles. The molecule has 1 aromatic heterocycles. The average Bonchev–Trinajstić information content (AvgIpc) is 2.41. The second-order valence-electron chi connectivity index (χ2n) is 3.80. The van der Waals surface area contributed by atoms with Gasteiger partial charge in [-0.3, -0.25) is 4.98 Å². The van der Waals surface area contributed by atoms with Crippen molar-refractivity contribution < 1.29 is 4.74 Å². The van der Waals surface area contributed by atoms with Crippen molar-refractivity contribution in [3.8, 4) is 5.75 Å². The van der Waals surface area contributed by atoms with Crippen molar-refractivity contribution in [2.24, 2.45) is 5.73 Å². The molecule has 2 rings (SSSR count). The first-order chi connectivity index (χ1) is 8.61. The number of nitrogens with zero attached hydrogens (tertiary/aromatic N) is 1. The number of halogens is 2. The predicted molar refractivity (Wildman–Crippen MR) is 76.0 cm³/mol. The Kier molecular flexibility index (Phi) is 4.22. The number of hydrogen-bond acceptors (Lipinski definition) is 3. The first kappa shape index (κ1) is 13.3. The van der Waals surface area contributed by atoms with Gasteiger partial charge in [-0.25, -0.2) is 0 Å². The fourth-order valence-corrected chi connectivity index (χ4v) is 2.32. The first-order valence-corrected chi connectivity index (χ1v) is 6.48. The van der Waals surface area contributed by atoms with Gasteiger partial charge in [-0.05, 0) is 35.4 Å². The third-order valence-electron chi connectivity index (χ3n) is 2.62. The molecule has 1 heterocycles. The van der Waals surface area contributed by atoms with Crippen LogP contribution in [0.25, 0.3) is 0 Å². The number of ether oxygens (including phenoxy) is 1. The monoisotopic (exact) mass is 326 g/mol. The second-order valence-corrected chi connectivity index (χ2v) is 5.09. The van der Waals surface area contributed by atoms with Crippen LogP contribution in [0.2, 0.25) is 5.02 Å². The molecule has 0 aliphatic heterocycles. The van der Waals surface area contributed by atoms with E-state index >= 15 is 0 Å². The Morgan fingerprint density at radius 3 is 2.83 bits per heavy atom. The summed E-state index contributed by atoms with van der Waals surface area (Å²) >= 11 is 9.46. The minimum Gasteiger partial charge on any atom is -0.495 e. The van der Waals surface area contributed by atoms with Gasteiger partial charge in [-0.15, -0.1) is 0 Å². The maximum atomic E-state index is 6.23. The van der Waals surface area contributed by atoms with E-state index in [1.807, 2.05) is 24.3 Å². The fraction of sp³-hybridized carbons (Fsp3) is 0.154. The molecule has 5 heteroatoms. The van der Waals surface area contributed by atoms with Crippen molar-refractivity contribution in [1.82, 2.24) is 4.98 Å². The highest BCUT2D eigenvalue weighted by Gasteiger charge is 2.13. The molecular formula is C13H12BrClN2O. The first-order valence-electron chi connectivity index (χ1n) is 5.31. The molecule has 0 spiro atoms. The van der Waals surface area contributed by atoms with E-state index in [2.05, 4.69) is 20.9 Å². The zero-order valence-corrected chi connectivity index (χ0v) is 12.1. The summed E-state index contributed by atoms with van der Waals surface area (Å²) < 4.78 is 6.06. The normalized spacial score (nSPS) is 12.2. The quantitative estimate of drug-likeness (QED) is 0.938. The van der Waals surface area contributed by atoms with Crippen LogP contribution in [0.4, 0.5) is 0 Å². The van der Waals surface area contributed by atoms with E-state index in [4.69, 9.17) is 22.1 Å². The molecule has 0 amide bonds. The number of nitrogens with two attached hydrogens (primary N) is 1. The highest BCUT2D eigenvalue weighted by molar-refractivity contribution is 9.10. The Morgan fingerprint density at radius 1 is 1.33 bits per heavy atom. The smallest absolute Gasteiger partial charge is 0.137 e. The highest BCUT2D eigenvalue weighted by Crippen LogP contribution is 2.30. The molecule has 18 heavy (non-hydrogen) atoms. The maximum Gasteiger partial charge on any atom is 0.137 e. The molecule has 94 valence electrons. The molecule has 2 aromatic rings. The summed E-state index contributed by atoms with van der Waals surface area (Å²) in [6.45, 7) is 0. The van der Waals surface area contributed by atoms with E-state index in [0.717, 1.165) is 15.6 Å². The van der Waals surface area contributed by atoms with Crippen molar-refractivity contribution in [1.29, 1.82) is 0 Å². The number of pyridine rings is 1. The van der Waals surface area contributed by atoms with Gasteiger partial charge in [0.25, 0.3) is 0 Å². The van der Waals surface area contributed by atoms with Gasteiger partial charge in [0.15, 0.2) is 0 Å². The van der Waals surface area contributed by atoms with E-state index in [-0.39, 0.29) is 6.04 Å². The lowest BCUT2D eigenvalue weighted by atomic mass is 10.0. The Hall–Kier alpha value is -1.10. The lowest BCUT2D eigenvalue weighted by Gasteiger charge is -2.15. The minimum absolute atomic E-state index is 0.305. The molecule has 1 unspecified atom stereocenters. The Morgan fingerprint density at radius 2 is 2.11 bits per heavy atom. The second kappa shape index (κ2) is 5.69. The van der Waals surface area contributed by atoms with Crippen molar-refractivity contribution in [2.75, 3.05) is 7.11 Å². The van der Waals surface area contributed by atoms with Crippen LogP contribution in [0.3, 0.4) is 0 Å². The topological polar surface area (TPSA) is 48.1 Å². The molecule has 1 atom stereocenters. The number of benzene rings is 1. The summed E-state index contributed by atoms with van der Waals surface area (Å²) in [5, 5.41) is 0.652. The minimum atomic E-state index is -0.305. The zero-order valence-electron chi connectivity index (χ0n) is 9.73. The molecule has 1 aromatic carbocycles. The number of hydrogen-bond donors (Lipinski definition) is 1. The zero-order chi connectivity index (χ0) is 13.1. The SMILES string of the molecule is COc1cncc(C(N)c2cc(Cl)ccc2Br)c1. The summed E-state index contributed by atoms with van der Waals surface area (Å²) in [7, 11) is 1.60. The summed E-state index contributed by atoms with van der Waals surface area (Å²) in [6.07, 6.45) is 3.36. The molecule has 2 N–H and O–H groups in total. The molecular weight excluding hydrogens is 316 g/mol. The fourth-order valence-electron chi connectivity index (χ4n) is 1.65. The maximum absolute atomic E-state index is 6.23. The summed E-state index contributed by atoms with van der Waals surface area (Å²) in [6, 6.07) is 7.10. The van der Waals surface area contributed by atoms with Gasteiger partial charge in [-0.2, -0.15) is 0 Å². The van der Waals surface area contributed by atoms with Gasteiger partial charge < -0.3 is 10.5 Å². The van der Waals surface area contributed by atoms with Crippen LogP contribution >= 0.6 is 27.5 Å². The van der Waals surface area contributed by atoms with E-state index in [1.54, 1.807) is 19.5 Å². The lowest BCUT2D eigenvalue weighted by Crippen LogP contribution is -2.13. The van der Waals surface area contributed by atoms with Crippen molar-refractivity contribution >= 4 is 27.5 Å². The van der Waals surface area contributed by atoms with Crippen LogP contribution < -0.4 is 10.5 Å². The van der Waals surface area contributed by atoms with Crippen LogP contribution in [0.5, 0.6) is 5.75 Å². The van der Waals surface area contributed by atoms with Gasteiger partial charge in [0, 0.05) is 15.7 Å². The van der Waals surface area contributed by atoms with E-state index in [0.29, 0.717) is 10.8 Å². The highest BCUT2D eigenvalue weighted by atomic mass is 79.9. The molecule has 3 nitrogen and oxygen atoms in total. The van der Waals surface area contributed by atoms with Crippen LogP contribution in [0.1, 0.15) is 17.2 Å². The molecule has 0 saturated heterocycles. The molecule has 0 aliphatic carbocycles. The summed E-state index contributed by atoms with van der Waals surface area (Å²) in [4.78, 5) is 4.10. The lowest BCUT2D eigenvalue weighted by molar-refractivity contribution is 0.412. The number of rotatable bonds is 3. The van der Waals surface area contributed by atoms with E-state index < -0.39 is 0 Å². The summed E-state index contributed by atoms with van der Waals surface area (Å²) in [5.41, 5.74) is 8.01. The Balaban J connectivity index is 2.40. The average molecular weight is 328 g/mol. The van der Waals surface area contributed by atoms with Gasteiger partial charge in [0.05, 0.1) is 19.3 Å². The number of methoxy groups -OCH3 is 1. The molecule has 0 bridgehead atoms. The number of aromatic nitrogens is 1. The van der Waals surface area contributed by atoms with Crippen molar-refractivity contribution in [2.45, 2.75) is 6.04 Å². The van der Waals surface area contributed by atoms with Gasteiger partial charge in [-0.1, -0.05) is 27.5 Å². The van der Waals surface area contributed by atoms with E-state index in [1.165, 1.54) is 0 Å². The van der Waals surface area contributed by atoms with Crippen molar-refractivity contribution in [3.63, 3.8) is 0 Å². The third-order valence-corrected chi connectivity index (χ3v) is 3.58. The van der Waals surface area contributed by atoms with Crippen LogP contribution in [0, 0.1) is 0 Å². The summed E-state index contributed by atoms with van der Waals surface area (Å²) in [5.74, 6) is 0.682. The van der Waals surface area contributed by atoms with Gasteiger partial charge in [0.1, 0.15) is 5.75 Å². The molecule has 0 aliphatic rings. The van der Waals surface area contributed by atoms with E-state index in [9.17, 15) is 0 Å². The van der Waals surface area contributed by atoms with Gasteiger partial charge in [0.2, 0.25) is 0 Å². The Labute approximate surface area is 119 Å². The predicted octanol–water partition coefficient (Wildman–Crippen LogP) is 3.55. The largest absolute Gasteiger partial charge is 0.495 e. The van der Waals surface area contributed by atoms with Gasteiger partial charge >= 0.3 is 0 Å².